The summed E-state index contributed by atoms with van der Waals surface area (Å²) in [5, 5.41) is 21.3. The third kappa shape index (κ3) is 6.93. The zero-order chi connectivity index (χ0) is 28.9. The van der Waals surface area contributed by atoms with Crippen molar-refractivity contribution in [3.05, 3.63) is 11.6 Å². The number of alkyl carbamates (subject to hydrolysis) is 1. The van der Waals surface area contributed by atoms with Gasteiger partial charge >= 0.3 is 6.09 Å². The molecule has 40 heavy (non-hydrogen) atoms. The highest BCUT2D eigenvalue weighted by Crippen LogP contribution is 2.67. The lowest BCUT2D eigenvalue weighted by Gasteiger charge is -2.58. The normalized spacial score (nSPS) is 36.0. The van der Waals surface area contributed by atoms with Crippen LogP contribution >= 0.6 is 0 Å². The van der Waals surface area contributed by atoms with E-state index in [0.717, 1.165) is 74.0 Å². The summed E-state index contributed by atoms with van der Waals surface area (Å²) in [7, 11) is 0. The van der Waals surface area contributed by atoms with Crippen LogP contribution in [-0.4, -0.2) is 42.2 Å². The highest BCUT2D eigenvalue weighted by molar-refractivity contribution is 5.67. The molecule has 0 aliphatic heterocycles. The fourth-order valence-electron chi connectivity index (χ4n) is 9.93. The Labute approximate surface area is 245 Å². The van der Waals surface area contributed by atoms with Gasteiger partial charge in [-0.25, -0.2) is 4.79 Å². The van der Waals surface area contributed by atoms with Crippen molar-refractivity contribution >= 4 is 6.09 Å². The zero-order valence-corrected chi connectivity index (χ0v) is 26.4. The highest BCUT2D eigenvalue weighted by atomic mass is 16.6. The van der Waals surface area contributed by atoms with E-state index in [9.17, 15) is 15.0 Å². The van der Waals surface area contributed by atoms with Gasteiger partial charge in [0.2, 0.25) is 0 Å². The van der Waals surface area contributed by atoms with Crippen LogP contribution in [0, 0.1) is 52.3 Å². The largest absolute Gasteiger partial charge is 0.446 e. The van der Waals surface area contributed by atoms with Gasteiger partial charge in [0.25, 0.3) is 0 Å². The first-order valence-corrected chi connectivity index (χ1v) is 17.0. The fraction of sp³-hybridized carbons (Fsp3) is 0.914. The summed E-state index contributed by atoms with van der Waals surface area (Å²) in [4.78, 5) is 12.5. The number of rotatable bonds is 13. The second-order valence-electron chi connectivity index (χ2n) is 15.2. The Hall–Kier alpha value is -1.07. The van der Waals surface area contributed by atoms with E-state index in [-0.39, 0.29) is 36.7 Å². The van der Waals surface area contributed by atoms with E-state index in [2.05, 4.69) is 46.0 Å². The van der Waals surface area contributed by atoms with Crippen LogP contribution in [-0.2, 0) is 4.74 Å². The van der Waals surface area contributed by atoms with Crippen molar-refractivity contribution in [3.8, 4) is 0 Å². The Morgan fingerprint density at radius 3 is 2.48 bits per heavy atom. The number of carbonyl (C=O) groups excluding carboxylic acids is 1. The minimum absolute atomic E-state index is 0.0135. The average Bonchev–Trinajstić information content (AvgIpc) is 3.28. The highest BCUT2D eigenvalue weighted by Gasteiger charge is 2.59. The molecule has 230 valence electrons. The lowest BCUT2D eigenvalue weighted by molar-refractivity contribution is -0.0581. The van der Waals surface area contributed by atoms with E-state index >= 15 is 0 Å². The Morgan fingerprint density at radius 1 is 0.975 bits per heavy atom. The molecule has 0 bridgehead atoms. The maximum atomic E-state index is 12.5. The lowest BCUT2D eigenvalue weighted by atomic mass is 9.47. The molecule has 0 unspecified atom stereocenters. The van der Waals surface area contributed by atoms with Crippen LogP contribution < -0.4 is 5.32 Å². The summed E-state index contributed by atoms with van der Waals surface area (Å²) in [5.41, 5.74) is 2.37. The van der Waals surface area contributed by atoms with Crippen molar-refractivity contribution in [1.82, 2.24) is 5.32 Å². The van der Waals surface area contributed by atoms with Crippen molar-refractivity contribution < 1.29 is 19.7 Å². The molecule has 8 atom stereocenters. The maximum absolute atomic E-state index is 12.5. The molecule has 4 aliphatic rings. The van der Waals surface area contributed by atoms with Crippen LogP contribution in [0.1, 0.15) is 125 Å². The molecule has 4 rings (SSSR count). The maximum Gasteiger partial charge on any atom is 0.407 e. The third-order valence-electron chi connectivity index (χ3n) is 12.4. The molecule has 5 nitrogen and oxygen atoms in total. The zero-order valence-electron chi connectivity index (χ0n) is 26.4. The number of carbonyl (C=O) groups is 1. The Bertz CT molecular complexity index is 852. The summed E-state index contributed by atoms with van der Waals surface area (Å²) in [6.45, 7) is 13.1. The van der Waals surface area contributed by atoms with Gasteiger partial charge in [-0.2, -0.15) is 0 Å². The third-order valence-corrected chi connectivity index (χ3v) is 12.4. The van der Waals surface area contributed by atoms with Gasteiger partial charge in [-0.1, -0.05) is 72.0 Å². The second kappa shape index (κ2) is 13.9. The molecule has 0 aromatic heterocycles. The van der Waals surface area contributed by atoms with E-state index in [1.165, 1.54) is 51.4 Å². The van der Waals surface area contributed by atoms with Crippen LogP contribution in [0.3, 0.4) is 0 Å². The van der Waals surface area contributed by atoms with Crippen LogP contribution in [0.5, 0.6) is 0 Å². The van der Waals surface area contributed by atoms with Gasteiger partial charge in [0, 0.05) is 32.1 Å². The molecule has 0 heterocycles. The lowest BCUT2D eigenvalue weighted by Crippen LogP contribution is -2.51. The number of hydrogen-bond donors (Lipinski definition) is 3. The van der Waals surface area contributed by atoms with Crippen molar-refractivity contribution in [2.75, 3.05) is 19.8 Å². The minimum atomic E-state index is -0.295. The molecular formula is C35H61NO4. The summed E-state index contributed by atoms with van der Waals surface area (Å²) < 4.78 is 5.89. The van der Waals surface area contributed by atoms with Gasteiger partial charge in [-0.15, -0.1) is 0 Å². The van der Waals surface area contributed by atoms with E-state index in [1.54, 1.807) is 5.57 Å². The molecular weight excluding hydrogens is 498 g/mol. The average molecular weight is 560 g/mol. The molecule has 0 aromatic carbocycles. The van der Waals surface area contributed by atoms with Crippen molar-refractivity contribution in [2.24, 2.45) is 52.3 Å². The number of aliphatic hydroxyl groups excluding tert-OH is 2. The summed E-state index contributed by atoms with van der Waals surface area (Å²) in [6.07, 6.45) is 18.8. The molecule has 5 heteroatoms. The van der Waals surface area contributed by atoms with Gasteiger partial charge in [0.15, 0.2) is 0 Å². The van der Waals surface area contributed by atoms with Crippen molar-refractivity contribution in [3.63, 3.8) is 0 Å². The van der Waals surface area contributed by atoms with Crippen LogP contribution in [0.2, 0.25) is 0 Å². The summed E-state index contributed by atoms with van der Waals surface area (Å²) in [5.74, 6) is 5.02. The second-order valence-corrected chi connectivity index (χ2v) is 15.2. The van der Waals surface area contributed by atoms with Crippen molar-refractivity contribution in [2.45, 2.75) is 131 Å². The molecule has 3 saturated carbocycles. The van der Waals surface area contributed by atoms with Crippen LogP contribution in [0.25, 0.3) is 0 Å². The number of hydrogen-bond acceptors (Lipinski definition) is 4. The van der Waals surface area contributed by atoms with E-state index in [0.29, 0.717) is 12.0 Å². The molecule has 3 N–H and O–H groups in total. The summed E-state index contributed by atoms with van der Waals surface area (Å²) >= 11 is 0. The number of amides is 1. The molecule has 1 amide bonds. The van der Waals surface area contributed by atoms with Gasteiger partial charge in [0.1, 0.15) is 6.10 Å². The van der Waals surface area contributed by atoms with Gasteiger partial charge in [-0.3, -0.25) is 0 Å². The number of nitrogens with one attached hydrogen (secondary N) is 1. The number of ether oxygens (including phenoxy) is 1. The standard InChI is InChI=1S/C35H61NO4/c1-24(2)9-8-10-25(3)30-14-15-31-29-13-12-27-21-28(16-18-34(27,4)32(29)17-19-35(30,31)5)40-33(39)36-20-7-6-11-26(22-37)23-38/h12,24-26,28-32,37-38H,6-11,13-23H2,1-5H3,(H,36,39)/t25-,28+,29+,30-,31+,32+,34+,35-/m1/s1. The molecule has 4 aliphatic carbocycles. The van der Waals surface area contributed by atoms with E-state index < -0.39 is 0 Å². The SMILES string of the molecule is CC(C)CCC[C@@H](C)[C@H]1CC[C@H]2[C@@H]3CC=C4C[C@@H](OC(=O)NCCCCC(CO)CO)CC[C@]4(C)[C@H]3CC[C@]12C. The van der Waals surface area contributed by atoms with Crippen LogP contribution in [0.4, 0.5) is 4.79 Å². The quantitative estimate of drug-likeness (QED) is 0.158. The number of allylic oxidation sites excluding steroid dienone is 1. The van der Waals surface area contributed by atoms with E-state index in [1.807, 2.05) is 0 Å². The molecule has 0 radical (unpaired) electrons. The molecule has 3 fully saturated rings. The topological polar surface area (TPSA) is 78.8 Å². The Morgan fingerprint density at radius 2 is 1.75 bits per heavy atom. The first kappa shape index (κ1) is 31.9. The Kier molecular flexibility index (Phi) is 11.1. The first-order chi connectivity index (χ1) is 19.1. The predicted molar refractivity (Wildman–Crippen MR) is 163 cm³/mol. The van der Waals surface area contributed by atoms with Gasteiger partial charge in [-0.05, 0) is 104 Å². The Balaban J connectivity index is 1.28. The van der Waals surface area contributed by atoms with Gasteiger partial charge in [0.05, 0.1) is 0 Å². The molecule has 0 aromatic rings. The monoisotopic (exact) mass is 559 g/mol. The number of aliphatic hydroxyl groups is 2. The smallest absolute Gasteiger partial charge is 0.407 e. The number of fused-ring (bicyclic) bond motifs is 5. The molecule has 0 saturated heterocycles. The predicted octanol–water partition coefficient (Wildman–Crippen LogP) is 7.89. The molecule has 0 spiro atoms. The minimum Gasteiger partial charge on any atom is -0.446 e. The first-order valence-electron chi connectivity index (χ1n) is 17.0. The van der Waals surface area contributed by atoms with E-state index in [4.69, 9.17) is 4.74 Å². The number of unbranched alkanes of at least 4 members (excludes halogenated alkanes) is 1. The van der Waals surface area contributed by atoms with Crippen LogP contribution in [0.15, 0.2) is 11.6 Å². The van der Waals surface area contributed by atoms with Gasteiger partial charge < -0.3 is 20.3 Å². The summed E-state index contributed by atoms with van der Waals surface area (Å²) in [6, 6.07) is 0. The van der Waals surface area contributed by atoms with Crippen molar-refractivity contribution in [1.29, 1.82) is 0 Å². The fourth-order valence-corrected chi connectivity index (χ4v) is 9.93.